The van der Waals surface area contributed by atoms with Crippen LogP contribution in [0.1, 0.15) is 34.1 Å². The maximum absolute atomic E-state index is 4.53. The summed E-state index contributed by atoms with van der Waals surface area (Å²) in [6.07, 6.45) is 6.79. The van der Waals surface area contributed by atoms with Crippen LogP contribution in [0.4, 0.5) is 0 Å². The van der Waals surface area contributed by atoms with Gasteiger partial charge in [-0.1, -0.05) is 6.07 Å². The van der Waals surface area contributed by atoms with Gasteiger partial charge in [-0.05, 0) is 37.1 Å². The molecule has 3 heterocycles. The molecule has 0 fully saturated rings. The van der Waals surface area contributed by atoms with E-state index in [1.807, 2.05) is 10.9 Å². The van der Waals surface area contributed by atoms with Crippen molar-refractivity contribution < 1.29 is 0 Å². The standard InChI is InChI=1S/C17H19N5/c1-11-3-4-14(7-12(11)2)22-9-13(8-21-22)16-17-15(5-6-18-16)19-10-20-17/h3-4,7-10,16,18H,5-6H2,1-2H3,(H,19,20)/t16-/m0/s1. The van der Waals surface area contributed by atoms with Crippen LogP contribution >= 0.6 is 0 Å². The minimum atomic E-state index is 0.121. The summed E-state index contributed by atoms with van der Waals surface area (Å²) >= 11 is 0. The highest BCUT2D eigenvalue weighted by Crippen LogP contribution is 2.26. The number of fused-ring (bicyclic) bond motifs is 1. The summed E-state index contributed by atoms with van der Waals surface area (Å²) in [5, 5.41) is 8.06. The second-order valence-electron chi connectivity index (χ2n) is 5.89. The molecule has 1 atom stereocenters. The van der Waals surface area contributed by atoms with Crippen LogP contribution in [-0.4, -0.2) is 26.3 Å². The van der Waals surface area contributed by atoms with Gasteiger partial charge in [-0.3, -0.25) is 0 Å². The van der Waals surface area contributed by atoms with Crippen molar-refractivity contribution in [3.63, 3.8) is 0 Å². The van der Waals surface area contributed by atoms with E-state index in [-0.39, 0.29) is 6.04 Å². The van der Waals surface area contributed by atoms with Gasteiger partial charge in [0.2, 0.25) is 0 Å². The molecular weight excluding hydrogens is 274 g/mol. The summed E-state index contributed by atoms with van der Waals surface area (Å²) in [5.74, 6) is 0. The first-order valence-corrected chi connectivity index (χ1v) is 7.60. The predicted molar refractivity (Wildman–Crippen MR) is 85.2 cm³/mol. The third-order valence-corrected chi connectivity index (χ3v) is 4.44. The van der Waals surface area contributed by atoms with E-state index >= 15 is 0 Å². The molecule has 22 heavy (non-hydrogen) atoms. The third kappa shape index (κ3) is 2.14. The van der Waals surface area contributed by atoms with E-state index in [9.17, 15) is 0 Å². The molecule has 0 spiro atoms. The molecule has 2 N–H and O–H groups in total. The average Bonchev–Trinajstić information content (AvgIpc) is 3.18. The summed E-state index contributed by atoms with van der Waals surface area (Å²) in [4.78, 5) is 7.70. The van der Waals surface area contributed by atoms with Crippen molar-refractivity contribution in [3.8, 4) is 5.69 Å². The number of nitrogens with zero attached hydrogens (tertiary/aromatic N) is 3. The molecule has 5 heteroatoms. The van der Waals surface area contributed by atoms with Gasteiger partial charge in [0.15, 0.2) is 0 Å². The molecule has 0 unspecified atom stereocenters. The van der Waals surface area contributed by atoms with Gasteiger partial charge in [0.1, 0.15) is 0 Å². The lowest BCUT2D eigenvalue weighted by Gasteiger charge is -2.21. The average molecular weight is 293 g/mol. The lowest BCUT2D eigenvalue weighted by Crippen LogP contribution is -2.30. The van der Waals surface area contributed by atoms with E-state index < -0.39 is 0 Å². The Bertz CT molecular complexity index is 814. The minimum Gasteiger partial charge on any atom is -0.348 e. The largest absolute Gasteiger partial charge is 0.348 e. The molecule has 112 valence electrons. The smallest absolute Gasteiger partial charge is 0.0926 e. The van der Waals surface area contributed by atoms with Crippen LogP contribution in [0.3, 0.4) is 0 Å². The first-order valence-electron chi connectivity index (χ1n) is 7.60. The number of aromatic amines is 1. The Kier molecular flexibility index (Phi) is 3.08. The fourth-order valence-corrected chi connectivity index (χ4v) is 2.99. The molecular formula is C17H19N5. The molecule has 3 aromatic rings. The number of aryl methyl sites for hydroxylation is 2. The highest BCUT2D eigenvalue weighted by molar-refractivity contribution is 5.40. The second kappa shape index (κ2) is 5.10. The highest BCUT2D eigenvalue weighted by Gasteiger charge is 2.24. The number of benzene rings is 1. The van der Waals surface area contributed by atoms with Crippen molar-refractivity contribution in [1.82, 2.24) is 25.1 Å². The first kappa shape index (κ1) is 13.3. The van der Waals surface area contributed by atoms with E-state index in [1.165, 1.54) is 16.8 Å². The van der Waals surface area contributed by atoms with E-state index in [1.54, 1.807) is 6.33 Å². The Labute approximate surface area is 129 Å². The fraction of sp³-hybridized carbons (Fsp3) is 0.294. The number of aromatic nitrogens is 4. The fourth-order valence-electron chi connectivity index (χ4n) is 2.99. The molecule has 1 aliphatic heterocycles. The molecule has 0 aliphatic carbocycles. The molecule has 5 nitrogen and oxygen atoms in total. The van der Waals surface area contributed by atoms with Crippen LogP contribution in [0.15, 0.2) is 36.9 Å². The van der Waals surface area contributed by atoms with Gasteiger partial charge >= 0.3 is 0 Å². The lowest BCUT2D eigenvalue weighted by atomic mass is 10.0. The number of hydrogen-bond acceptors (Lipinski definition) is 3. The topological polar surface area (TPSA) is 58.5 Å². The predicted octanol–water partition coefficient (Wildman–Crippen LogP) is 2.45. The number of rotatable bonds is 2. The summed E-state index contributed by atoms with van der Waals surface area (Å²) in [7, 11) is 0. The normalized spacial score (nSPS) is 17.5. The van der Waals surface area contributed by atoms with Gasteiger partial charge in [-0.25, -0.2) is 9.67 Å². The summed E-state index contributed by atoms with van der Waals surface area (Å²) in [6, 6.07) is 6.53. The summed E-state index contributed by atoms with van der Waals surface area (Å²) in [6.45, 7) is 5.20. The van der Waals surface area contributed by atoms with Gasteiger partial charge < -0.3 is 10.3 Å². The zero-order chi connectivity index (χ0) is 15.1. The number of imidazole rings is 1. The first-order chi connectivity index (χ1) is 10.7. The van der Waals surface area contributed by atoms with E-state index in [2.05, 4.69) is 58.6 Å². The van der Waals surface area contributed by atoms with E-state index in [4.69, 9.17) is 0 Å². The zero-order valence-electron chi connectivity index (χ0n) is 12.8. The van der Waals surface area contributed by atoms with Gasteiger partial charge in [0.05, 0.1) is 29.9 Å². The van der Waals surface area contributed by atoms with Gasteiger partial charge in [0.25, 0.3) is 0 Å². The molecule has 0 bridgehead atoms. The van der Waals surface area contributed by atoms with Crippen LogP contribution in [-0.2, 0) is 6.42 Å². The van der Waals surface area contributed by atoms with Crippen molar-refractivity contribution in [2.24, 2.45) is 0 Å². The molecule has 0 amide bonds. The minimum absolute atomic E-state index is 0.121. The SMILES string of the molecule is Cc1ccc(-n2cc([C@@H]3NCCc4[nH]cnc43)cn2)cc1C. The monoisotopic (exact) mass is 293 g/mol. The van der Waals surface area contributed by atoms with Crippen LogP contribution in [0.25, 0.3) is 5.69 Å². The molecule has 0 radical (unpaired) electrons. The molecule has 1 aromatic carbocycles. The van der Waals surface area contributed by atoms with Crippen LogP contribution in [0.5, 0.6) is 0 Å². The van der Waals surface area contributed by atoms with Crippen LogP contribution in [0, 0.1) is 13.8 Å². The van der Waals surface area contributed by atoms with Crippen molar-refractivity contribution in [2.75, 3.05) is 6.54 Å². The number of H-pyrrole nitrogens is 1. The number of hydrogen-bond donors (Lipinski definition) is 2. The number of nitrogens with one attached hydrogen (secondary N) is 2. The van der Waals surface area contributed by atoms with E-state index in [0.717, 1.165) is 29.9 Å². The third-order valence-electron chi connectivity index (χ3n) is 4.44. The molecule has 0 saturated carbocycles. The zero-order valence-corrected chi connectivity index (χ0v) is 12.8. The summed E-state index contributed by atoms with van der Waals surface area (Å²) in [5.41, 5.74) is 7.12. The Hall–Kier alpha value is -2.40. The van der Waals surface area contributed by atoms with Crippen LogP contribution < -0.4 is 5.32 Å². The van der Waals surface area contributed by atoms with Crippen molar-refractivity contribution in [2.45, 2.75) is 26.3 Å². The van der Waals surface area contributed by atoms with Gasteiger partial charge in [0, 0.05) is 30.4 Å². The second-order valence-corrected chi connectivity index (χ2v) is 5.89. The van der Waals surface area contributed by atoms with Crippen molar-refractivity contribution in [1.29, 1.82) is 0 Å². The molecule has 2 aromatic heterocycles. The quantitative estimate of drug-likeness (QED) is 0.763. The Morgan fingerprint density at radius 1 is 1.23 bits per heavy atom. The molecule has 1 aliphatic rings. The maximum atomic E-state index is 4.53. The van der Waals surface area contributed by atoms with Gasteiger partial charge in [-0.2, -0.15) is 5.10 Å². The van der Waals surface area contributed by atoms with Crippen molar-refractivity contribution in [3.05, 3.63) is 65.0 Å². The highest BCUT2D eigenvalue weighted by atomic mass is 15.3. The summed E-state index contributed by atoms with van der Waals surface area (Å²) < 4.78 is 1.93. The van der Waals surface area contributed by atoms with Gasteiger partial charge in [-0.15, -0.1) is 0 Å². The molecule has 0 saturated heterocycles. The Morgan fingerprint density at radius 2 is 2.14 bits per heavy atom. The van der Waals surface area contributed by atoms with Crippen molar-refractivity contribution >= 4 is 0 Å². The van der Waals surface area contributed by atoms with Crippen LogP contribution in [0.2, 0.25) is 0 Å². The Morgan fingerprint density at radius 3 is 3.00 bits per heavy atom. The Balaban J connectivity index is 1.69. The molecule has 4 rings (SSSR count). The van der Waals surface area contributed by atoms with E-state index in [0.29, 0.717) is 0 Å². The lowest BCUT2D eigenvalue weighted by molar-refractivity contribution is 0.553. The maximum Gasteiger partial charge on any atom is 0.0926 e.